The van der Waals surface area contributed by atoms with E-state index >= 15 is 0 Å². The SMILES string of the molecule is O=C(CN1C(=O)NC2(CCCCCC2)C1=O)Nc1cc(Cl)c(Cl)cc1Cl. The first-order valence-electron chi connectivity index (χ1n) is 8.41. The number of urea groups is 1. The Hall–Kier alpha value is -1.50. The van der Waals surface area contributed by atoms with Crippen molar-refractivity contribution in [2.75, 3.05) is 11.9 Å². The monoisotopic (exact) mass is 417 g/mol. The Morgan fingerprint density at radius 3 is 2.31 bits per heavy atom. The number of nitrogens with zero attached hydrogens (tertiary/aromatic N) is 1. The van der Waals surface area contributed by atoms with Crippen LogP contribution in [0.5, 0.6) is 0 Å². The Morgan fingerprint density at radius 1 is 1.04 bits per heavy atom. The van der Waals surface area contributed by atoms with Gasteiger partial charge in [0, 0.05) is 0 Å². The lowest BCUT2D eigenvalue weighted by Crippen LogP contribution is -2.47. The lowest BCUT2D eigenvalue weighted by atomic mass is 9.90. The third-order valence-electron chi connectivity index (χ3n) is 4.79. The minimum atomic E-state index is -0.866. The normalized spacial score (nSPS) is 19.4. The molecule has 0 atom stereocenters. The highest BCUT2D eigenvalue weighted by molar-refractivity contribution is 6.44. The van der Waals surface area contributed by atoms with E-state index in [4.69, 9.17) is 34.8 Å². The fourth-order valence-electron chi connectivity index (χ4n) is 3.44. The molecule has 1 aliphatic carbocycles. The van der Waals surface area contributed by atoms with E-state index in [0.29, 0.717) is 12.8 Å². The summed E-state index contributed by atoms with van der Waals surface area (Å²) in [6.45, 7) is -0.386. The van der Waals surface area contributed by atoms with E-state index in [-0.39, 0.29) is 33.2 Å². The number of hydrogen-bond acceptors (Lipinski definition) is 3. The van der Waals surface area contributed by atoms with Gasteiger partial charge in [-0.2, -0.15) is 0 Å². The molecule has 3 rings (SSSR count). The third kappa shape index (κ3) is 3.77. The van der Waals surface area contributed by atoms with Crippen LogP contribution >= 0.6 is 34.8 Å². The van der Waals surface area contributed by atoms with E-state index in [1.807, 2.05) is 0 Å². The molecular formula is C17H18Cl3N3O3. The van der Waals surface area contributed by atoms with Gasteiger partial charge in [0.1, 0.15) is 12.1 Å². The summed E-state index contributed by atoms with van der Waals surface area (Å²) in [5.41, 5.74) is -0.600. The smallest absolute Gasteiger partial charge is 0.323 e. The fourth-order valence-corrected chi connectivity index (χ4v) is 4.04. The van der Waals surface area contributed by atoms with Crippen molar-refractivity contribution in [2.45, 2.75) is 44.1 Å². The standard InChI is InChI=1S/C17H18Cl3N3O3/c18-10-7-12(20)13(8-11(10)19)21-14(24)9-23-15(25)17(22-16(23)26)5-3-1-2-4-6-17/h7-8H,1-6,9H2,(H,21,24)(H,22,26). The largest absolute Gasteiger partial charge is 0.325 e. The second-order valence-electron chi connectivity index (χ2n) is 6.61. The topological polar surface area (TPSA) is 78.5 Å². The number of rotatable bonds is 3. The Morgan fingerprint density at radius 2 is 1.65 bits per heavy atom. The first-order chi connectivity index (χ1) is 12.3. The molecule has 1 aliphatic heterocycles. The van der Waals surface area contributed by atoms with Crippen LogP contribution in [0, 0.1) is 0 Å². The zero-order valence-electron chi connectivity index (χ0n) is 13.9. The van der Waals surface area contributed by atoms with Crippen LogP contribution in [0.25, 0.3) is 0 Å². The third-order valence-corrected chi connectivity index (χ3v) is 5.82. The van der Waals surface area contributed by atoms with Gasteiger partial charge in [-0.15, -0.1) is 0 Å². The van der Waals surface area contributed by atoms with Crippen LogP contribution in [-0.4, -0.2) is 34.8 Å². The molecule has 0 radical (unpaired) electrons. The van der Waals surface area contributed by atoms with Crippen LogP contribution in [0.4, 0.5) is 10.5 Å². The summed E-state index contributed by atoms with van der Waals surface area (Å²) in [5.74, 6) is -0.876. The van der Waals surface area contributed by atoms with E-state index in [1.165, 1.54) is 12.1 Å². The molecule has 6 nitrogen and oxygen atoms in total. The predicted octanol–water partition coefficient (Wildman–Crippen LogP) is 4.23. The van der Waals surface area contributed by atoms with Crippen LogP contribution in [0.1, 0.15) is 38.5 Å². The van der Waals surface area contributed by atoms with E-state index in [1.54, 1.807) is 0 Å². The molecule has 1 heterocycles. The average Bonchev–Trinajstić information content (AvgIpc) is 2.75. The van der Waals surface area contributed by atoms with Gasteiger partial charge in [0.25, 0.3) is 5.91 Å². The van der Waals surface area contributed by atoms with Crippen LogP contribution in [-0.2, 0) is 9.59 Å². The molecule has 0 unspecified atom stereocenters. The minimum absolute atomic E-state index is 0.213. The van der Waals surface area contributed by atoms with Crippen molar-refractivity contribution in [1.82, 2.24) is 10.2 Å². The molecule has 2 fully saturated rings. The molecule has 1 saturated heterocycles. The summed E-state index contributed by atoms with van der Waals surface area (Å²) in [5, 5.41) is 6.07. The van der Waals surface area contributed by atoms with E-state index in [0.717, 1.165) is 30.6 Å². The van der Waals surface area contributed by atoms with Gasteiger partial charge in [0.05, 0.1) is 20.8 Å². The van der Waals surface area contributed by atoms with Crippen molar-refractivity contribution in [1.29, 1.82) is 0 Å². The molecule has 2 aliphatic rings. The van der Waals surface area contributed by atoms with Gasteiger partial charge >= 0.3 is 6.03 Å². The highest BCUT2D eigenvalue weighted by Gasteiger charge is 2.51. The van der Waals surface area contributed by atoms with Crippen LogP contribution in [0.2, 0.25) is 15.1 Å². The number of nitrogens with one attached hydrogen (secondary N) is 2. The Balaban J connectivity index is 1.70. The predicted molar refractivity (Wildman–Crippen MR) is 101 cm³/mol. The summed E-state index contributed by atoms with van der Waals surface area (Å²) < 4.78 is 0. The summed E-state index contributed by atoms with van der Waals surface area (Å²) >= 11 is 17.8. The number of halogens is 3. The summed E-state index contributed by atoms with van der Waals surface area (Å²) in [6.07, 6.45) is 5.06. The Bertz CT molecular complexity index is 761. The zero-order chi connectivity index (χ0) is 18.9. The summed E-state index contributed by atoms with van der Waals surface area (Å²) in [4.78, 5) is 38.4. The molecule has 1 aromatic carbocycles. The minimum Gasteiger partial charge on any atom is -0.323 e. The van der Waals surface area contributed by atoms with Crippen molar-refractivity contribution in [3.8, 4) is 0 Å². The maximum Gasteiger partial charge on any atom is 0.325 e. The second kappa shape index (κ2) is 7.62. The lowest BCUT2D eigenvalue weighted by Gasteiger charge is -2.24. The number of hydrogen-bond donors (Lipinski definition) is 2. The Kier molecular flexibility index (Phi) is 5.65. The van der Waals surface area contributed by atoms with Crippen LogP contribution < -0.4 is 10.6 Å². The Labute approximate surface area is 166 Å². The first kappa shape index (κ1) is 19.3. The van der Waals surface area contributed by atoms with E-state index < -0.39 is 17.5 Å². The van der Waals surface area contributed by atoms with Crippen molar-refractivity contribution in [3.63, 3.8) is 0 Å². The van der Waals surface area contributed by atoms with Gasteiger partial charge in [-0.1, -0.05) is 60.5 Å². The van der Waals surface area contributed by atoms with E-state index in [2.05, 4.69) is 10.6 Å². The number of carbonyl (C=O) groups excluding carboxylic acids is 3. The van der Waals surface area contributed by atoms with Gasteiger partial charge in [0.2, 0.25) is 5.91 Å². The molecule has 2 N–H and O–H groups in total. The maximum atomic E-state index is 12.8. The average molecular weight is 419 g/mol. The molecular weight excluding hydrogens is 401 g/mol. The van der Waals surface area contributed by atoms with Crippen LogP contribution in [0.15, 0.2) is 12.1 Å². The first-order valence-corrected chi connectivity index (χ1v) is 9.54. The molecule has 26 heavy (non-hydrogen) atoms. The number of carbonyl (C=O) groups is 3. The molecule has 0 aromatic heterocycles. The van der Waals surface area contributed by atoms with Gasteiger partial charge < -0.3 is 10.6 Å². The number of anilines is 1. The maximum absolute atomic E-state index is 12.8. The highest BCUT2D eigenvalue weighted by atomic mass is 35.5. The second-order valence-corrected chi connectivity index (χ2v) is 7.83. The molecule has 1 aromatic rings. The molecule has 4 amide bonds. The number of imide groups is 1. The quantitative estimate of drug-likeness (QED) is 0.569. The zero-order valence-corrected chi connectivity index (χ0v) is 16.2. The van der Waals surface area contributed by atoms with Crippen molar-refractivity contribution < 1.29 is 14.4 Å². The van der Waals surface area contributed by atoms with Gasteiger partial charge in [0.15, 0.2) is 0 Å². The van der Waals surface area contributed by atoms with Crippen molar-refractivity contribution in [2.24, 2.45) is 0 Å². The van der Waals surface area contributed by atoms with Gasteiger partial charge in [-0.25, -0.2) is 4.79 Å². The highest BCUT2D eigenvalue weighted by Crippen LogP contribution is 2.34. The molecule has 0 bridgehead atoms. The molecule has 1 spiro atoms. The van der Waals surface area contributed by atoms with Gasteiger partial charge in [-0.05, 0) is 25.0 Å². The number of benzene rings is 1. The summed E-state index contributed by atoms with van der Waals surface area (Å²) in [6, 6.07) is 2.30. The molecule has 9 heteroatoms. The molecule has 140 valence electrons. The summed E-state index contributed by atoms with van der Waals surface area (Å²) in [7, 11) is 0. The lowest BCUT2D eigenvalue weighted by molar-refractivity contribution is -0.134. The van der Waals surface area contributed by atoms with Crippen molar-refractivity contribution in [3.05, 3.63) is 27.2 Å². The fraction of sp³-hybridized carbons (Fsp3) is 0.471. The van der Waals surface area contributed by atoms with Gasteiger partial charge in [-0.3, -0.25) is 14.5 Å². The van der Waals surface area contributed by atoms with Crippen molar-refractivity contribution >= 4 is 58.3 Å². The van der Waals surface area contributed by atoms with E-state index in [9.17, 15) is 14.4 Å². The molecule has 1 saturated carbocycles. The number of amides is 4. The van der Waals surface area contributed by atoms with Crippen LogP contribution in [0.3, 0.4) is 0 Å².